The van der Waals surface area contributed by atoms with Gasteiger partial charge in [0.2, 0.25) is 0 Å². The van der Waals surface area contributed by atoms with Gasteiger partial charge in [0, 0.05) is 12.8 Å². The molecule has 0 heterocycles. The summed E-state index contributed by atoms with van der Waals surface area (Å²) in [7, 11) is 5.91. The van der Waals surface area contributed by atoms with Crippen molar-refractivity contribution in [3.8, 4) is 0 Å². The lowest BCUT2D eigenvalue weighted by Crippen LogP contribution is -2.44. The van der Waals surface area contributed by atoms with Crippen molar-refractivity contribution in [2.45, 2.75) is 225 Å². The van der Waals surface area contributed by atoms with Crippen LogP contribution in [0, 0.1) is 0 Å². The van der Waals surface area contributed by atoms with Crippen LogP contribution in [0.15, 0.2) is 48.6 Å². The van der Waals surface area contributed by atoms with Crippen LogP contribution in [0.2, 0.25) is 0 Å². The number of likely N-dealkylation sites (N-methyl/N-ethyl adjacent to an activating group) is 1. The number of rotatable bonds is 46. The van der Waals surface area contributed by atoms with Crippen molar-refractivity contribution in [3.63, 3.8) is 0 Å². The van der Waals surface area contributed by atoms with E-state index in [4.69, 9.17) is 18.9 Å². The average molecular weight is 874 g/mol. The summed E-state index contributed by atoms with van der Waals surface area (Å²) in [5.74, 6) is -2.30. The van der Waals surface area contributed by atoms with Crippen molar-refractivity contribution < 1.29 is 42.9 Å². The molecule has 0 aliphatic carbocycles. The van der Waals surface area contributed by atoms with E-state index in [2.05, 4.69) is 62.5 Å². The first-order chi connectivity index (χ1) is 30.1. The average Bonchev–Trinajstić information content (AvgIpc) is 3.23. The van der Waals surface area contributed by atoms with Gasteiger partial charge in [0.1, 0.15) is 13.2 Å². The minimum Gasteiger partial charge on any atom is -0.545 e. The fourth-order valence-corrected chi connectivity index (χ4v) is 6.82. The number of allylic oxidation sites excluding steroid dienone is 8. The van der Waals surface area contributed by atoms with E-state index in [0.717, 1.165) is 77.0 Å². The van der Waals surface area contributed by atoms with Crippen LogP contribution in [0.3, 0.4) is 0 Å². The number of ether oxygens (including phenoxy) is 4. The molecule has 9 heteroatoms. The molecule has 0 N–H and O–H groups in total. The lowest BCUT2D eigenvalue weighted by atomic mass is 10.0. The normalized spacial score (nSPS) is 13.2. The number of quaternary nitrogens is 1. The molecule has 2 unspecified atom stereocenters. The van der Waals surface area contributed by atoms with Gasteiger partial charge in [-0.2, -0.15) is 0 Å². The first-order valence-corrected chi connectivity index (χ1v) is 25.3. The van der Waals surface area contributed by atoms with E-state index in [-0.39, 0.29) is 38.6 Å². The summed E-state index contributed by atoms with van der Waals surface area (Å²) >= 11 is 0. The number of nitrogens with zero attached hydrogens (tertiary/aromatic N) is 1. The monoisotopic (exact) mass is 874 g/mol. The predicted octanol–water partition coefficient (Wildman–Crippen LogP) is 12.6. The molecule has 2 atom stereocenters. The van der Waals surface area contributed by atoms with E-state index in [1.807, 2.05) is 21.1 Å². The van der Waals surface area contributed by atoms with Crippen molar-refractivity contribution in [2.75, 3.05) is 47.5 Å². The Hall–Kier alpha value is -2.75. The van der Waals surface area contributed by atoms with E-state index in [1.165, 1.54) is 103 Å². The molecule has 0 aromatic carbocycles. The minimum absolute atomic E-state index is 0.144. The Bertz CT molecular complexity index is 1160. The predicted molar refractivity (Wildman–Crippen MR) is 255 cm³/mol. The van der Waals surface area contributed by atoms with Gasteiger partial charge in [-0.3, -0.25) is 9.59 Å². The molecule has 0 aliphatic heterocycles. The Morgan fingerprint density at radius 2 is 0.887 bits per heavy atom. The molecule has 62 heavy (non-hydrogen) atoms. The van der Waals surface area contributed by atoms with E-state index < -0.39 is 24.3 Å². The number of hydrogen-bond acceptors (Lipinski definition) is 8. The van der Waals surface area contributed by atoms with Crippen molar-refractivity contribution >= 4 is 17.9 Å². The molecule has 0 aliphatic rings. The van der Waals surface area contributed by atoms with Crippen molar-refractivity contribution in [3.05, 3.63) is 48.6 Å². The van der Waals surface area contributed by atoms with Crippen LogP contribution in [-0.4, -0.2) is 82.3 Å². The molecular weight excluding hydrogens is 779 g/mol. The van der Waals surface area contributed by atoms with Crippen molar-refractivity contribution in [2.24, 2.45) is 0 Å². The smallest absolute Gasteiger partial charge is 0.306 e. The maximum Gasteiger partial charge on any atom is 0.306 e. The molecule has 0 spiro atoms. The molecule has 0 saturated carbocycles. The molecule has 0 amide bonds. The first kappa shape index (κ1) is 59.2. The molecule has 0 bridgehead atoms. The van der Waals surface area contributed by atoms with Gasteiger partial charge in [0.05, 0.1) is 40.3 Å². The maximum absolute atomic E-state index is 12.8. The minimum atomic E-state index is -1.62. The lowest BCUT2D eigenvalue weighted by Gasteiger charge is -2.26. The van der Waals surface area contributed by atoms with E-state index in [9.17, 15) is 19.5 Å². The van der Waals surface area contributed by atoms with Crippen LogP contribution in [0.25, 0.3) is 0 Å². The molecule has 0 fully saturated rings. The molecule has 0 aromatic heterocycles. The second-order valence-corrected chi connectivity index (χ2v) is 18.1. The molecule has 0 aromatic rings. The summed E-state index contributed by atoms with van der Waals surface area (Å²) in [6, 6.07) is 0. The van der Waals surface area contributed by atoms with E-state index in [1.54, 1.807) is 0 Å². The second kappa shape index (κ2) is 44.8. The summed E-state index contributed by atoms with van der Waals surface area (Å²) in [5, 5.41) is 11.7. The summed E-state index contributed by atoms with van der Waals surface area (Å²) in [5.41, 5.74) is 0. The van der Waals surface area contributed by atoms with Crippen LogP contribution >= 0.6 is 0 Å². The quantitative estimate of drug-likeness (QED) is 0.0195. The van der Waals surface area contributed by atoms with Crippen LogP contribution in [0.4, 0.5) is 0 Å². The zero-order valence-electron chi connectivity index (χ0n) is 40.7. The van der Waals surface area contributed by atoms with Gasteiger partial charge in [0.25, 0.3) is 0 Å². The van der Waals surface area contributed by atoms with Crippen LogP contribution in [0.5, 0.6) is 0 Å². The third-order valence-electron chi connectivity index (χ3n) is 10.8. The fourth-order valence-electron chi connectivity index (χ4n) is 6.82. The third kappa shape index (κ3) is 45.3. The van der Waals surface area contributed by atoms with Gasteiger partial charge >= 0.3 is 11.9 Å². The van der Waals surface area contributed by atoms with E-state index in [0.29, 0.717) is 17.4 Å². The summed E-state index contributed by atoms with van der Waals surface area (Å²) in [6.07, 6.45) is 50.0. The molecule has 0 rings (SSSR count). The SMILES string of the molecule is CCCC/C=C\C/C=C\CCCCCCCC(=O)OCC(COC(OCC[N+](C)(C)C)C(=O)[O-])OC(=O)CCCCCCCCCCCCC/C=C\C/C=C\CCCCCCC. The standard InChI is InChI=1S/C53H95NO8/c1-6-8-10-12-14-16-18-20-22-23-24-25-26-27-28-29-30-32-34-36-38-40-42-44-51(56)62-49(48-61-53(52(57)58)59-46-45-54(3,4)5)47-60-50(55)43-41-39-37-35-33-31-21-19-17-15-13-11-9-7-2/h13,15,18-21,23-24,49,53H,6-12,14,16-17,22,25-48H2,1-5H3/b15-13-,20-18-,21-19-,24-23-. The molecule has 360 valence electrons. The Balaban J connectivity index is 4.33. The Labute approximate surface area is 381 Å². The Morgan fingerprint density at radius 1 is 0.484 bits per heavy atom. The van der Waals surface area contributed by atoms with Crippen molar-refractivity contribution in [1.82, 2.24) is 0 Å². The van der Waals surface area contributed by atoms with Crippen molar-refractivity contribution in [1.29, 1.82) is 0 Å². The zero-order chi connectivity index (χ0) is 45.6. The maximum atomic E-state index is 12.8. The number of hydrogen-bond donors (Lipinski definition) is 0. The summed E-state index contributed by atoms with van der Waals surface area (Å²) in [4.78, 5) is 37.1. The van der Waals surface area contributed by atoms with Crippen LogP contribution < -0.4 is 5.11 Å². The zero-order valence-corrected chi connectivity index (χ0v) is 40.7. The number of carboxylic acids is 1. The first-order valence-electron chi connectivity index (χ1n) is 25.3. The molecule has 0 radical (unpaired) electrons. The number of unbranched alkanes of at least 4 members (excludes halogenated alkanes) is 23. The molecule has 9 nitrogen and oxygen atoms in total. The lowest BCUT2D eigenvalue weighted by molar-refractivity contribution is -0.870. The van der Waals surface area contributed by atoms with Gasteiger partial charge in [0.15, 0.2) is 12.4 Å². The molecular formula is C53H95NO8. The highest BCUT2D eigenvalue weighted by molar-refractivity contribution is 5.70. The number of esters is 2. The van der Waals surface area contributed by atoms with Gasteiger partial charge in [-0.05, 0) is 70.6 Å². The summed E-state index contributed by atoms with van der Waals surface area (Å²) in [6.45, 7) is 4.68. The van der Waals surface area contributed by atoms with Crippen LogP contribution in [0.1, 0.15) is 213 Å². The topological polar surface area (TPSA) is 111 Å². The van der Waals surface area contributed by atoms with Gasteiger partial charge in [-0.15, -0.1) is 0 Å². The fraction of sp³-hybridized carbons (Fsp3) is 0.792. The number of carboxylic acid groups (broad SMARTS) is 1. The molecule has 0 saturated heterocycles. The van der Waals surface area contributed by atoms with Crippen LogP contribution in [-0.2, 0) is 33.3 Å². The Kier molecular flexibility index (Phi) is 42.9. The number of carbonyl (C=O) groups excluding carboxylic acids is 3. The van der Waals surface area contributed by atoms with Gasteiger partial charge in [-0.1, -0.05) is 178 Å². The second-order valence-electron chi connectivity index (χ2n) is 18.1. The highest BCUT2D eigenvalue weighted by Crippen LogP contribution is 2.15. The van der Waals surface area contributed by atoms with E-state index >= 15 is 0 Å². The highest BCUT2D eigenvalue weighted by atomic mass is 16.7. The van der Waals surface area contributed by atoms with Gasteiger partial charge < -0.3 is 33.3 Å². The third-order valence-corrected chi connectivity index (χ3v) is 10.8. The summed E-state index contributed by atoms with van der Waals surface area (Å²) < 4.78 is 22.6. The number of aliphatic carboxylic acids is 1. The highest BCUT2D eigenvalue weighted by Gasteiger charge is 2.21. The number of carbonyl (C=O) groups is 3. The Morgan fingerprint density at radius 3 is 1.32 bits per heavy atom. The van der Waals surface area contributed by atoms with Gasteiger partial charge in [-0.25, -0.2) is 0 Å². The largest absolute Gasteiger partial charge is 0.545 e.